The van der Waals surface area contributed by atoms with E-state index in [9.17, 15) is 4.79 Å². The lowest BCUT2D eigenvalue weighted by Crippen LogP contribution is -2.31. The molecule has 0 bridgehead atoms. The predicted octanol–water partition coefficient (Wildman–Crippen LogP) is 5.88. The zero-order valence-corrected chi connectivity index (χ0v) is 22.3. The van der Waals surface area contributed by atoms with Gasteiger partial charge < -0.3 is 9.32 Å². The molecule has 0 aliphatic carbocycles. The van der Waals surface area contributed by atoms with Crippen molar-refractivity contribution in [3.8, 4) is 23.3 Å². The van der Waals surface area contributed by atoms with Crippen LogP contribution in [0.2, 0.25) is 5.02 Å². The van der Waals surface area contributed by atoms with Gasteiger partial charge >= 0.3 is 0 Å². The van der Waals surface area contributed by atoms with Gasteiger partial charge in [0.25, 0.3) is 5.91 Å². The molecule has 4 heterocycles. The second kappa shape index (κ2) is 12.0. The molecular formula is C26H20ClN7O2S2. The van der Waals surface area contributed by atoms with Crippen molar-refractivity contribution < 1.29 is 9.21 Å². The van der Waals surface area contributed by atoms with Crippen LogP contribution in [0.3, 0.4) is 0 Å². The van der Waals surface area contributed by atoms with Gasteiger partial charge in [-0.15, -0.1) is 21.5 Å². The summed E-state index contributed by atoms with van der Waals surface area (Å²) >= 11 is 8.95. The Morgan fingerprint density at radius 2 is 2.05 bits per heavy atom. The van der Waals surface area contributed by atoms with E-state index in [1.807, 2.05) is 34.9 Å². The van der Waals surface area contributed by atoms with Crippen LogP contribution in [0.15, 0.2) is 82.1 Å². The number of halogens is 1. The number of rotatable bonds is 10. The Hall–Kier alpha value is -3.98. The number of carbonyl (C=O) groups is 1. The van der Waals surface area contributed by atoms with Crippen molar-refractivity contribution in [2.45, 2.75) is 23.9 Å². The van der Waals surface area contributed by atoms with Crippen LogP contribution >= 0.6 is 34.7 Å². The summed E-state index contributed by atoms with van der Waals surface area (Å²) in [6.07, 6.45) is 5.22. The molecule has 5 aromatic rings. The van der Waals surface area contributed by atoms with Crippen LogP contribution in [0.25, 0.3) is 17.3 Å². The molecule has 190 valence electrons. The summed E-state index contributed by atoms with van der Waals surface area (Å²) in [5.74, 6) is 1.43. The van der Waals surface area contributed by atoms with Gasteiger partial charge in [0.05, 0.1) is 24.5 Å². The molecule has 9 nitrogen and oxygen atoms in total. The largest absolute Gasteiger partial charge is 0.461 e. The van der Waals surface area contributed by atoms with E-state index in [0.717, 1.165) is 16.3 Å². The van der Waals surface area contributed by atoms with Gasteiger partial charge in [0.15, 0.2) is 10.9 Å². The standard InChI is InChI=1S/C26H20ClN7O2S2/c27-19-6-8-20(9-7-19)34-24(22-5-2-13-36-22)31-32-26(34)38-17-23-30-21(16-37-23)25(35)33(12-3-10-28)15-18-4-1-11-29-14-18/h1-2,4-9,11,13-14,16H,3,12,15,17H2. The lowest BCUT2D eigenvalue weighted by Gasteiger charge is -2.20. The summed E-state index contributed by atoms with van der Waals surface area (Å²) in [7, 11) is 0. The van der Waals surface area contributed by atoms with Crippen molar-refractivity contribution >= 4 is 40.6 Å². The zero-order valence-electron chi connectivity index (χ0n) is 19.9. The van der Waals surface area contributed by atoms with Crippen LogP contribution in [0, 0.1) is 11.3 Å². The first-order chi connectivity index (χ1) is 18.6. The van der Waals surface area contributed by atoms with Crippen molar-refractivity contribution in [1.29, 1.82) is 5.26 Å². The first-order valence-corrected chi connectivity index (χ1v) is 13.7. The minimum Gasteiger partial charge on any atom is -0.461 e. The molecule has 12 heteroatoms. The van der Waals surface area contributed by atoms with Gasteiger partial charge in [-0.25, -0.2) is 4.98 Å². The molecule has 4 aromatic heterocycles. The van der Waals surface area contributed by atoms with Gasteiger partial charge in [-0.3, -0.25) is 14.3 Å². The van der Waals surface area contributed by atoms with E-state index in [1.54, 1.807) is 47.1 Å². The average Bonchev–Trinajstić information content (AvgIpc) is 3.71. The molecule has 0 saturated heterocycles. The molecule has 0 N–H and O–H groups in total. The molecule has 38 heavy (non-hydrogen) atoms. The molecule has 0 saturated carbocycles. The van der Waals surface area contributed by atoms with Crippen molar-refractivity contribution in [3.05, 3.63) is 93.9 Å². The van der Waals surface area contributed by atoms with Crippen LogP contribution in [-0.2, 0) is 12.3 Å². The Bertz CT molecular complexity index is 1540. The lowest BCUT2D eigenvalue weighted by molar-refractivity contribution is 0.0741. The fourth-order valence-electron chi connectivity index (χ4n) is 3.66. The third-order valence-corrected chi connectivity index (χ3v) is 7.66. The highest BCUT2D eigenvalue weighted by molar-refractivity contribution is 7.98. The van der Waals surface area contributed by atoms with Crippen LogP contribution in [0.4, 0.5) is 0 Å². The Balaban J connectivity index is 1.34. The summed E-state index contributed by atoms with van der Waals surface area (Å²) in [4.78, 5) is 23.5. The minimum absolute atomic E-state index is 0.221. The lowest BCUT2D eigenvalue weighted by atomic mass is 10.2. The number of furan rings is 1. The Morgan fingerprint density at radius 3 is 2.79 bits per heavy atom. The van der Waals surface area contributed by atoms with Gasteiger partial charge in [-0.2, -0.15) is 5.26 Å². The minimum atomic E-state index is -0.221. The number of thiazole rings is 1. The highest BCUT2D eigenvalue weighted by Crippen LogP contribution is 2.31. The number of hydrogen-bond donors (Lipinski definition) is 0. The second-order valence-electron chi connectivity index (χ2n) is 8.01. The Kier molecular flexibility index (Phi) is 8.13. The monoisotopic (exact) mass is 561 g/mol. The summed E-state index contributed by atoms with van der Waals surface area (Å²) < 4.78 is 7.47. The molecule has 0 aliphatic rings. The number of carbonyl (C=O) groups excluding carboxylic acids is 1. The first kappa shape index (κ1) is 25.7. The van der Waals surface area contributed by atoms with E-state index in [2.05, 4.69) is 26.2 Å². The molecule has 0 atom stereocenters. The number of nitriles is 1. The van der Waals surface area contributed by atoms with E-state index >= 15 is 0 Å². The van der Waals surface area contributed by atoms with Crippen LogP contribution in [0.1, 0.15) is 27.5 Å². The number of benzene rings is 1. The normalized spacial score (nSPS) is 10.8. The quantitative estimate of drug-likeness (QED) is 0.194. The van der Waals surface area contributed by atoms with E-state index < -0.39 is 0 Å². The number of thioether (sulfide) groups is 1. The van der Waals surface area contributed by atoms with Gasteiger partial charge in [0.2, 0.25) is 5.82 Å². The van der Waals surface area contributed by atoms with Gasteiger partial charge in [0.1, 0.15) is 10.7 Å². The summed E-state index contributed by atoms with van der Waals surface area (Å²) in [5.41, 5.74) is 2.08. The third-order valence-electron chi connectivity index (χ3n) is 5.43. The molecule has 0 aliphatic heterocycles. The number of amides is 1. The molecule has 1 amide bonds. The van der Waals surface area contributed by atoms with E-state index in [4.69, 9.17) is 21.3 Å². The first-order valence-electron chi connectivity index (χ1n) is 11.5. The molecular weight excluding hydrogens is 542 g/mol. The van der Waals surface area contributed by atoms with Gasteiger partial charge in [-0.1, -0.05) is 29.4 Å². The fourth-order valence-corrected chi connectivity index (χ4v) is 5.53. The van der Waals surface area contributed by atoms with Gasteiger partial charge in [0, 0.05) is 41.6 Å². The highest BCUT2D eigenvalue weighted by Gasteiger charge is 2.21. The predicted molar refractivity (Wildman–Crippen MR) is 145 cm³/mol. The second-order valence-corrected chi connectivity index (χ2v) is 10.3. The third kappa shape index (κ3) is 5.94. The highest BCUT2D eigenvalue weighted by atomic mass is 35.5. The average molecular weight is 562 g/mol. The number of pyridine rings is 1. The Labute approximate surface area is 231 Å². The Morgan fingerprint density at radius 1 is 1.18 bits per heavy atom. The smallest absolute Gasteiger partial charge is 0.273 e. The topological polar surface area (TPSA) is 114 Å². The zero-order chi connectivity index (χ0) is 26.3. The van der Waals surface area contributed by atoms with E-state index in [1.165, 1.54) is 23.1 Å². The number of aromatic nitrogens is 5. The van der Waals surface area contributed by atoms with Crippen molar-refractivity contribution in [2.24, 2.45) is 0 Å². The molecule has 0 unspecified atom stereocenters. The molecule has 0 fully saturated rings. The maximum Gasteiger partial charge on any atom is 0.273 e. The van der Waals surface area contributed by atoms with Gasteiger partial charge in [-0.05, 0) is 48.0 Å². The van der Waals surface area contributed by atoms with Crippen molar-refractivity contribution in [1.82, 2.24) is 29.6 Å². The van der Waals surface area contributed by atoms with E-state index in [-0.39, 0.29) is 12.3 Å². The summed E-state index contributed by atoms with van der Waals surface area (Å²) in [6, 6.07) is 16.8. The molecule has 0 radical (unpaired) electrons. The SMILES string of the molecule is N#CCCN(Cc1cccnc1)C(=O)c1csc(CSc2nnc(-c3ccco3)n2-c2ccc(Cl)cc2)n1. The molecule has 5 rings (SSSR count). The molecule has 0 spiro atoms. The van der Waals surface area contributed by atoms with Crippen molar-refractivity contribution in [2.75, 3.05) is 6.54 Å². The molecule has 1 aromatic carbocycles. The number of hydrogen-bond acceptors (Lipinski definition) is 9. The maximum absolute atomic E-state index is 13.2. The summed E-state index contributed by atoms with van der Waals surface area (Å²) in [6.45, 7) is 0.668. The van der Waals surface area contributed by atoms with Crippen LogP contribution < -0.4 is 0 Å². The van der Waals surface area contributed by atoms with Crippen LogP contribution in [0.5, 0.6) is 0 Å². The van der Waals surface area contributed by atoms with Crippen molar-refractivity contribution in [3.63, 3.8) is 0 Å². The van der Waals surface area contributed by atoms with E-state index in [0.29, 0.717) is 46.3 Å². The summed E-state index contributed by atoms with van der Waals surface area (Å²) in [5, 5.41) is 21.6. The maximum atomic E-state index is 13.2. The fraction of sp³-hybridized carbons (Fsp3) is 0.154. The van der Waals surface area contributed by atoms with Crippen LogP contribution in [-0.4, -0.2) is 42.1 Å². The number of nitrogens with zero attached hydrogens (tertiary/aromatic N) is 7.